The van der Waals surface area contributed by atoms with Crippen molar-refractivity contribution in [1.82, 2.24) is 0 Å². The highest BCUT2D eigenvalue weighted by atomic mass is 16.7. The number of hydrogen-bond donors (Lipinski definition) is 1. The van der Waals surface area contributed by atoms with Crippen LogP contribution in [0.3, 0.4) is 0 Å². The summed E-state index contributed by atoms with van der Waals surface area (Å²) in [5, 5.41) is 0. The van der Waals surface area contributed by atoms with Crippen LogP contribution in [-0.4, -0.2) is 12.4 Å². The van der Waals surface area contributed by atoms with E-state index in [9.17, 15) is 0 Å². The number of ether oxygens (including phenoxy) is 2. The predicted octanol–water partition coefficient (Wildman–Crippen LogP) is 4.91. The Hall–Kier alpha value is -1.06. The third-order valence-corrected chi connectivity index (χ3v) is 6.88. The summed E-state index contributed by atoms with van der Waals surface area (Å²) in [4.78, 5) is 0. The maximum Gasteiger partial charge on any atom is 0.202 e. The molecule has 0 amide bonds. The van der Waals surface area contributed by atoms with E-state index in [1.165, 1.54) is 32.1 Å². The summed E-state index contributed by atoms with van der Waals surface area (Å²) in [5.41, 5.74) is 7.07. The van der Waals surface area contributed by atoms with E-state index in [1.54, 1.807) is 0 Å². The molecule has 0 aromatic heterocycles. The van der Waals surface area contributed by atoms with Gasteiger partial charge in [-0.25, -0.2) is 0 Å². The Morgan fingerprint density at radius 2 is 1.68 bits per heavy atom. The van der Waals surface area contributed by atoms with Gasteiger partial charge in [0.05, 0.1) is 6.10 Å². The largest absolute Gasteiger partial charge is 0.465 e. The second-order valence-corrected chi connectivity index (χ2v) is 8.92. The van der Waals surface area contributed by atoms with E-state index in [-0.39, 0.29) is 12.3 Å². The van der Waals surface area contributed by atoms with Crippen molar-refractivity contribution in [2.45, 2.75) is 71.3 Å². The summed E-state index contributed by atoms with van der Waals surface area (Å²) in [6.07, 6.45) is 7.22. The summed E-state index contributed by atoms with van der Waals surface area (Å²) in [6, 6.07) is 8.20. The third kappa shape index (κ3) is 3.33. The molecular weight excluding hydrogens is 310 g/mol. The minimum atomic E-state index is -0.162. The summed E-state index contributed by atoms with van der Waals surface area (Å²) < 4.78 is 12.8. The molecule has 7 atom stereocenters. The molecule has 7 unspecified atom stereocenters. The lowest BCUT2D eigenvalue weighted by molar-refractivity contribution is -0.162. The van der Waals surface area contributed by atoms with Crippen LogP contribution in [0.4, 0.5) is 0 Å². The van der Waals surface area contributed by atoms with Crippen LogP contribution in [0.25, 0.3) is 0 Å². The van der Waals surface area contributed by atoms with Gasteiger partial charge in [0.15, 0.2) is 0 Å². The van der Waals surface area contributed by atoms with Crippen LogP contribution in [0.2, 0.25) is 0 Å². The first kappa shape index (κ1) is 17.4. The molecule has 138 valence electrons. The summed E-state index contributed by atoms with van der Waals surface area (Å²) in [6.45, 7) is 6.38. The van der Waals surface area contributed by atoms with Crippen LogP contribution in [0.1, 0.15) is 64.5 Å². The zero-order valence-electron chi connectivity index (χ0n) is 15.9. The van der Waals surface area contributed by atoms with Gasteiger partial charge in [-0.05, 0) is 74.0 Å². The fourth-order valence-electron chi connectivity index (χ4n) is 5.64. The summed E-state index contributed by atoms with van der Waals surface area (Å²) in [7, 11) is 0. The lowest BCUT2D eigenvalue weighted by Gasteiger charge is -2.35. The highest BCUT2D eigenvalue weighted by molar-refractivity contribution is 5.28. The van der Waals surface area contributed by atoms with Crippen molar-refractivity contribution in [3.05, 3.63) is 29.8 Å². The fraction of sp³-hybridized carbons (Fsp3) is 0.727. The van der Waals surface area contributed by atoms with Crippen molar-refractivity contribution in [1.29, 1.82) is 0 Å². The number of nitrogens with two attached hydrogens (primary N) is 1. The number of benzene rings is 1. The molecule has 3 nitrogen and oxygen atoms in total. The second-order valence-electron chi connectivity index (χ2n) is 8.92. The molecule has 1 aromatic rings. The molecular formula is C22H33NO2. The molecule has 4 rings (SSSR count). The molecule has 3 heteroatoms. The van der Waals surface area contributed by atoms with Gasteiger partial charge in [0.2, 0.25) is 6.29 Å². The Bertz CT molecular complexity index is 582. The minimum Gasteiger partial charge on any atom is -0.465 e. The van der Waals surface area contributed by atoms with E-state index < -0.39 is 0 Å². The zero-order chi connectivity index (χ0) is 17.6. The molecule has 0 saturated heterocycles. The van der Waals surface area contributed by atoms with Crippen LogP contribution in [0, 0.1) is 29.6 Å². The Morgan fingerprint density at radius 1 is 0.960 bits per heavy atom. The van der Waals surface area contributed by atoms with Gasteiger partial charge in [-0.1, -0.05) is 32.4 Å². The zero-order valence-corrected chi connectivity index (χ0v) is 15.9. The molecule has 3 aliphatic carbocycles. The van der Waals surface area contributed by atoms with Gasteiger partial charge in [0.1, 0.15) is 5.75 Å². The van der Waals surface area contributed by atoms with Crippen molar-refractivity contribution in [2.24, 2.45) is 35.3 Å². The number of rotatable bonds is 6. The van der Waals surface area contributed by atoms with E-state index in [2.05, 4.69) is 26.0 Å². The normalized spacial score (nSPS) is 35.8. The van der Waals surface area contributed by atoms with E-state index in [1.807, 2.05) is 19.1 Å². The minimum absolute atomic E-state index is 0.0552. The molecule has 0 heterocycles. The molecule has 0 aliphatic heterocycles. The average molecular weight is 344 g/mol. The molecule has 2 N–H and O–H groups in total. The van der Waals surface area contributed by atoms with Gasteiger partial charge in [0, 0.05) is 12.0 Å². The summed E-state index contributed by atoms with van der Waals surface area (Å²) in [5.74, 6) is 4.86. The van der Waals surface area contributed by atoms with Gasteiger partial charge in [-0.15, -0.1) is 0 Å². The Labute approximate surface area is 152 Å². The first-order valence-corrected chi connectivity index (χ1v) is 10.2. The second kappa shape index (κ2) is 6.92. The van der Waals surface area contributed by atoms with Crippen LogP contribution >= 0.6 is 0 Å². The number of fused-ring (bicyclic) bond motifs is 5. The van der Waals surface area contributed by atoms with Gasteiger partial charge in [0.25, 0.3) is 0 Å². The molecule has 0 radical (unpaired) electrons. The maximum atomic E-state index is 6.55. The van der Waals surface area contributed by atoms with Crippen molar-refractivity contribution in [2.75, 3.05) is 0 Å². The first-order valence-electron chi connectivity index (χ1n) is 10.2. The topological polar surface area (TPSA) is 44.5 Å². The van der Waals surface area contributed by atoms with Crippen molar-refractivity contribution >= 4 is 0 Å². The van der Waals surface area contributed by atoms with Crippen LogP contribution in [0.5, 0.6) is 5.75 Å². The van der Waals surface area contributed by atoms with Crippen LogP contribution in [0.15, 0.2) is 24.3 Å². The lowest BCUT2D eigenvalue weighted by atomic mass is 9.80. The van der Waals surface area contributed by atoms with E-state index in [4.69, 9.17) is 15.2 Å². The average Bonchev–Trinajstić information content (AvgIpc) is 3.27. The molecule has 25 heavy (non-hydrogen) atoms. The smallest absolute Gasteiger partial charge is 0.202 e. The van der Waals surface area contributed by atoms with Crippen molar-refractivity contribution in [3.8, 4) is 5.75 Å². The molecule has 3 aliphatic rings. The van der Waals surface area contributed by atoms with E-state index in [0.717, 1.165) is 35.0 Å². The molecule has 3 fully saturated rings. The Balaban J connectivity index is 1.40. The van der Waals surface area contributed by atoms with Gasteiger partial charge >= 0.3 is 0 Å². The van der Waals surface area contributed by atoms with Gasteiger partial charge in [-0.3, -0.25) is 0 Å². The quantitative estimate of drug-likeness (QED) is 0.747. The first-order chi connectivity index (χ1) is 12.0. The molecule has 2 bridgehead atoms. The highest BCUT2D eigenvalue weighted by Crippen LogP contribution is 2.59. The monoisotopic (exact) mass is 343 g/mol. The lowest BCUT2D eigenvalue weighted by Crippen LogP contribution is -2.37. The fourth-order valence-corrected chi connectivity index (χ4v) is 5.64. The SMILES string of the molecule is CC(N)c1ccc(OC(OC2CC3CC2C2CCCC32)C(C)C)cc1. The Kier molecular flexibility index (Phi) is 4.81. The Morgan fingerprint density at radius 3 is 2.36 bits per heavy atom. The van der Waals surface area contributed by atoms with Gasteiger partial charge in [-0.2, -0.15) is 0 Å². The van der Waals surface area contributed by atoms with Crippen molar-refractivity contribution < 1.29 is 9.47 Å². The predicted molar refractivity (Wildman–Crippen MR) is 100 cm³/mol. The van der Waals surface area contributed by atoms with Crippen LogP contribution in [-0.2, 0) is 4.74 Å². The standard InChI is InChI=1S/C22H33NO2/c1-13(2)22(24-17-9-7-15(8-10-17)14(3)23)25-21-12-16-11-20(21)19-6-4-5-18(16)19/h7-10,13-14,16,18-22H,4-6,11-12,23H2,1-3H3. The molecule has 0 spiro atoms. The maximum absolute atomic E-state index is 6.55. The van der Waals surface area contributed by atoms with Crippen LogP contribution < -0.4 is 10.5 Å². The number of hydrogen-bond acceptors (Lipinski definition) is 3. The highest BCUT2D eigenvalue weighted by Gasteiger charge is 2.54. The van der Waals surface area contributed by atoms with Gasteiger partial charge < -0.3 is 15.2 Å². The molecule has 1 aromatic carbocycles. The van der Waals surface area contributed by atoms with E-state index >= 15 is 0 Å². The van der Waals surface area contributed by atoms with Crippen molar-refractivity contribution in [3.63, 3.8) is 0 Å². The van der Waals surface area contributed by atoms with E-state index in [0.29, 0.717) is 12.0 Å². The summed E-state index contributed by atoms with van der Waals surface area (Å²) >= 11 is 0. The molecule has 3 saturated carbocycles. The third-order valence-electron chi connectivity index (χ3n) is 6.88.